The SMILES string of the molecule is CCCC(C)(N)C(=O)NCCCNC(=O)c1cccc(F)c1. The van der Waals surface area contributed by atoms with E-state index in [1.54, 1.807) is 13.0 Å². The summed E-state index contributed by atoms with van der Waals surface area (Å²) in [6, 6.07) is 5.50. The zero-order chi connectivity index (χ0) is 16.6. The molecule has 0 saturated carbocycles. The molecule has 5 nitrogen and oxygen atoms in total. The van der Waals surface area contributed by atoms with Crippen molar-refractivity contribution in [1.82, 2.24) is 10.6 Å². The monoisotopic (exact) mass is 309 g/mol. The highest BCUT2D eigenvalue weighted by molar-refractivity contribution is 5.94. The number of carbonyl (C=O) groups excluding carboxylic acids is 2. The zero-order valence-corrected chi connectivity index (χ0v) is 13.1. The molecule has 22 heavy (non-hydrogen) atoms. The van der Waals surface area contributed by atoms with Crippen LogP contribution in [0.3, 0.4) is 0 Å². The molecule has 6 heteroatoms. The van der Waals surface area contributed by atoms with Crippen LogP contribution in [0.25, 0.3) is 0 Å². The van der Waals surface area contributed by atoms with Crippen molar-refractivity contribution >= 4 is 11.8 Å². The lowest BCUT2D eigenvalue weighted by Gasteiger charge is -2.22. The maximum Gasteiger partial charge on any atom is 0.251 e. The minimum atomic E-state index is -0.862. The van der Waals surface area contributed by atoms with Gasteiger partial charge in [-0.3, -0.25) is 9.59 Å². The van der Waals surface area contributed by atoms with Crippen LogP contribution in [0.5, 0.6) is 0 Å². The second kappa shape index (κ2) is 8.48. The predicted octanol–water partition coefficient (Wildman–Crippen LogP) is 1.58. The van der Waals surface area contributed by atoms with Crippen molar-refractivity contribution < 1.29 is 14.0 Å². The highest BCUT2D eigenvalue weighted by Crippen LogP contribution is 2.08. The van der Waals surface area contributed by atoms with Crippen molar-refractivity contribution in [1.29, 1.82) is 0 Å². The number of carbonyl (C=O) groups is 2. The third-order valence-corrected chi connectivity index (χ3v) is 3.30. The van der Waals surface area contributed by atoms with Crippen LogP contribution in [0.4, 0.5) is 4.39 Å². The normalized spacial score (nSPS) is 13.3. The Morgan fingerprint density at radius 2 is 1.95 bits per heavy atom. The van der Waals surface area contributed by atoms with Crippen LogP contribution in [0.1, 0.15) is 43.5 Å². The highest BCUT2D eigenvalue weighted by atomic mass is 19.1. The smallest absolute Gasteiger partial charge is 0.251 e. The van der Waals surface area contributed by atoms with Crippen LogP contribution in [-0.2, 0) is 4.79 Å². The second-order valence-corrected chi connectivity index (χ2v) is 5.54. The third kappa shape index (κ3) is 5.81. The van der Waals surface area contributed by atoms with Gasteiger partial charge in [-0.15, -0.1) is 0 Å². The van der Waals surface area contributed by atoms with Crippen LogP contribution in [-0.4, -0.2) is 30.4 Å². The van der Waals surface area contributed by atoms with Gasteiger partial charge < -0.3 is 16.4 Å². The molecule has 1 rings (SSSR count). The standard InChI is InChI=1S/C16H24FN3O2/c1-3-8-16(2,18)15(22)20-10-5-9-19-14(21)12-6-4-7-13(17)11-12/h4,6-7,11H,3,5,8-10,18H2,1-2H3,(H,19,21)(H,20,22). The van der Waals surface area contributed by atoms with Crippen molar-refractivity contribution in [2.24, 2.45) is 5.73 Å². The quantitative estimate of drug-likeness (QED) is 0.637. The van der Waals surface area contributed by atoms with Gasteiger partial charge in [0.05, 0.1) is 5.54 Å². The molecule has 0 aromatic heterocycles. The van der Waals surface area contributed by atoms with Crippen molar-refractivity contribution in [3.05, 3.63) is 35.6 Å². The molecule has 4 N–H and O–H groups in total. The average molecular weight is 309 g/mol. The minimum Gasteiger partial charge on any atom is -0.354 e. The molecule has 0 aliphatic heterocycles. The first kappa shape index (κ1) is 18.1. The molecule has 0 heterocycles. The van der Waals surface area contributed by atoms with Gasteiger partial charge in [0.1, 0.15) is 5.82 Å². The van der Waals surface area contributed by atoms with Crippen LogP contribution in [0.15, 0.2) is 24.3 Å². The van der Waals surface area contributed by atoms with Gasteiger partial charge in [-0.1, -0.05) is 19.4 Å². The summed E-state index contributed by atoms with van der Waals surface area (Å²) in [7, 11) is 0. The fourth-order valence-corrected chi connectivity index (χ4v) is 2.06. The van der Waals surface area contributed by atoms with Gasteiger partial charge in [0, 0.05) is 18.7 Å². The van der Waals surface area contributed by atoms with Gasteiger partial charge in [0.25, 0.3) is 5.91 Å². The molecule has 0 spiro atoms. The zero-order valence-electron chi connectivity index (χ0n) is 13.1. The van der Waals surface area contributed by atoms with Crippen LogP contribution < -0.4 is 16.4 Å². The molecule has 0 aliphatic carbocycles. The van der Waals surface area contributed by atoms with Gasteiger partial charge in [0.2, 0.25) is 5.91 Å². The lowest BCUT2D eigenvalue weighted by Crippen LogP contribution is -2.51. The first-order chi connectivity index (χ1) is 10.4. The molecule has 0 saturated heterocycles. The highest BCUT2D eigenvalue weighted by Gasteiger charge is 2.26. The summed E-state index contributed by atoms with van der Waals surface area (Å²) < 4.78 is 13.0. The molecule has 2 amide bonds. The van der Waals surface area contributed by atoms with Gasteiger partial charge in [0.15, 0.2) is 0 Å². The predicted molar refractivity (Wildman–Crippen MR) is 83.9 cm³/mol. The maximum atomic E-state index is 13.0. The Bertz CT molecular complexity index is 518. The van der Waals surface area contributed by atoms with Crippen LogP contribution in [0.2, 0.25) is 0 Å². The van der Waals surface area contributed by atoms with Crippen LogP contribution >= 0.6 is 0 Å². The summed E-state index contributed by atoms with van der Waals surface area (Å²) in [5.41, 5.74) is 5.32. The minimum absolute atomic E-state index is 0.189. The number of benzene rings is 1. The van der Waals surface area contributed by atoms with Crippen molar-refractivity contribution in [3.8, 4) is 0 Å². The van der Waals surface area contributed by atoms with E-state index in [-0.39, 0.29) is 17.4 Å². The van der Waals surface area contributed by atoms with E-state index in [4.69, 9.17) is 5.73 Å². The summed E-state index contributed by atoms with van der Waals surface area (Å²) in [4.78, 5) is 23.6. The molecule has 0 radical (unpaired) electrons. The summed E-state index contributed by atoms with van der Waals surface area (Å²) >= 11 is 0. The van der Waals surface area contributed by atoms with E-state index >= 15 is 0 Å². The summed E-state index contributed by atoms with van der Waals surface area (Å²) in [6.45, 7) is 4.50. The molecule has 1 unspecified atom stereocenters. The Morgan fingerprint density at radius 3 is 2.59 bits per heavy atom. The first-order valence-corrected chi connectivity index (χ1v) is 7.48. The summed E-state index contributed by atoms with van der Waals surface area (Å²) in [5.74, 6) is -0.968. The van der Waals surface area contributed by atoms with Crippen molar-refractivity contribution in [2.45, 2.75) is 38.6 Å². The Kier molecular flexibility index (Phi) is 6.98. The van der Waals surface area contributed by atoms with E-state index in [2.05, 4.69) is 10.6 Å². The lowest BCUT2D eigenvalue weighted by molar-refractivity contribution is -0.126. The largest absolute Gasteiger partial charge is 0.354 e. The second-order valence-electron chi connectivity index (χ2n) is 5.54. The fraction of sp³-hybridized carbons (Fsp3) is 0.500. The van der Waals surface area contributed by atoms with Crippen molar-refractivity contribution in [2.75, 3.05) is 13.1 Å². The first-order valence-electron chi connectivity index (χ1n) is 7.48. The van der Waals surface area contributed by atoms with E-state index in [0.29, 0.717) is 25.9 Å². The van der Waals surface area contributed by atoms with Gasteiger partial charge in [-0.25, -0.2) is 4.39 Å². The summed E-state index contributed by atoms with van der Waals surface area (Å²) in [6.07, 6.45) is 2.04. The number of nitrogens with two attached hydrogens (primary N) is 1. The molecule has 1 atom stereocenters. The molecule has 1 aromatic carbocycles. The number of rotatable bonds is 8. The fourth-order valence-electron chi connectivity index (χ4n) is 2.06. The Labute approximate surface area is 130 Å². The third-order valence-electron chi connectivity index (χ3n) is 3.30. The average Bonchev–Trinajstić information content (AvgIpc) is 2.46. The molecule has 1 aromatic rings. The number of amides is 2. The Balaban J connectivity index is 2.26. The lowest BCUT2D eigenvalue weighted by atomic mass is 9.96. The number of hydrogen-bond acceptors (Lipinski definition) is 3. The van der Waals surface area contributed by atoms with E-state index in [1.807, 2.05) is 6.92 Å². The summed E-state index contributed by atoms with van der Waals surface area (Å²) in [5, 5.41) is 5.43. The van der Waals surface area contributed by atoms with Crippen LogP contribution in [0, 0.1) is 5.82 Å². The Morgan fingerprint density at radius 1 is 1.27 bits per heavy atom. The van der Waals surface area contributed by atoms with E-state index in [0.717, 1.165) is 6.42 Å². The van der Waals surface area contributed by atoms with Gasteiger partial charge >= 0.3 is 0 Å². The van der Waals surface area contributed by atoms with E-state index < -0.39 is 11.4 Å². The van der Waals surface area contributed by atoms with Crippen molar-refractivity contribution in [3.63, 3.8) is 0 Å². The number of hydrogen-bond donors (Lipinski definition) is 3. The van der Waals surface area contributed by atoms with E-state index in [1.165, 1.54) is 18.2 Å². The van der Waals surface area contributed by atoms with Gasteiger partial charge in [-0.2, -0.15) is 0 Å². The topological polar surface area (TPSA) is 84.2 Å². The molecular weight excluding hydrogens is 285 g/mol. The van der Waals surface area contributed by atoms with E-state index in [9.17, 15) is 14.0 Å². The number of nitrogens with one attached hydrogen (secondary N) is 2. The molecule has 122 valence electrons. The molecule has 0 aliphatic rings. The molecular formula is C16H24FN3O2. The molecule has 0 bridgehead atoms. The van der Waals surface area contributed by atoms with Gasteiger partial charge in [-0.05, 0) is 38.0 Å². The molecule has 0 fully saturated rings. The Hall–Kier alpha value is -1.95. The maximum absolute atomic E-state index is 13.0. The number of halogens is 1.